The molecule has 0 radical (unpaired) electrons. The molecule has 2 aromatic rings. The Morgan fingerprint density at radius 1 is 1.29 bits per heavy atom. The van der Waals surface area contributed by atoms with Gasteiger partial charge in [0.2, 0.25) is 5.91 Å². The first-order valence-electron chi connectivity index (χ1n) is 7.27. The van der Waals surface area contributed by atoms with Crippen LogP contribution in [0, 0.1) is 16.7 Å². The number of fused-ring (bicyclic) bond motifs is 1. The van der Waals surface area contributed by atoms with E-state index in [1.54, 1.807) is 6.20 Å². The predicted molar refractivity (Wildman–Crippen MR) is 80.1 cm³/mol. The molecule has 1 N–H and O–H groups in total. The van der Waals surface area contributed by atoms with Gasteiger partial charge in [0, 0.05) is 18.1 Å². The van der Waals surface area contributed by atoms with E-state index in [0.717, 1.165) is 29.3 Å². The molecule has 0 spiro atoms. The second-order valence-electron chi connectivity index (χ2n) is 5.58. The molecule has 1 aliphatic carbocycles. The molecule has 0 aliphatic heterocycles. The molecule has 1 saturated carbocycles. The molecule has 1 fully saturated rings. The minimum absolute atomic E-state index is 0.143. The number of benzene rings is 1. The van der Waals surface area contributed by atoms with Gasteiger partial charge in [-0.05, 0) is 24.5 Å². The first kappa shape index (κ1) is 13.6. The minimum atomic E-state index is -0.821. The third-order valence-electron chi connectivity index (χ3n) is 4.26. The van der Waals surface area contributed by atoms with Crippen molar-refractivity contribution in [1.29, 1.82) is 5.26 Å². The van der Waals surface area contributed by atoms with Gasteiger partial charge in [0.05, 0.1) is 11.6 Å². The number of para-hydroxylation sites is 1. The largest absolute Gasteiger partial charge is 0.351 e. The van der Waals surface area contributed by atoms with Crippen molar-refractivity contribution in [3.05, 3.63) is 42.1 Å². The summed E-state index contributed by atoms with van der Waals surface area (Å²) in [6, 6.07) is 12.0. The summed E-state index contributed by atoms with van der Waals surface area (Å²) in [5.74, 6) is -0.143. The summed E-state index contributed by atoms with van der Waals surface area (Å²) in [5, 5.41) is 13.3. The van der Waals surface area contributed by atoms with Gasteiger partial charge in [-0.2, -0.15) is 5.26 Å². The number of hydrogen-bond acceptors (Lipinski definition) is 3. The molecule has 0 bridgehead atoms. The van der Waals surface area contributed by atoms with Crippen LogP contribution in [0.5, 0.6) is 0 Å². The Kier molecular flexibility index (Phi) is 3.57. The van der Waals surface area contributed by atoms with Crippen molar-refractivity contribution in [3.8, 4) is 6.07 Å². The number of nitriles is 1. The zero-order chi connectivity index (χ0) is 14.7. The van der Waals surface area contributed by atoms with Crippen LogP contribution in [0.1, 0.15) is 31.2 Å². The summed E-state index contributed by atoms with van der Waals surface area (Å²) < 4.78 is 0. The predicted octanol–water partition coefficient (Wildman–Crippen LogP) is 2.93. The lowest BCUT2D eigenvalue weighted by molar-refractivity contribution is -0.128. The van der Waals surface area contributed by atoms with Gasteiger partial charge in [-0.3, -0.25) is 9.78 Å². The van der Waals surface area contributed by atoms with Crippen molar-refractivity contribution in [1.82, 2.24) is 10.3 Å². The van der Waals surface area contributed by atoms with E-state index < -0.39 is 5.41 Å². The Balaban J connectivity index is 1.78. The number of rotatable bonds is 3. The van der Waals surface area contributed by atoms with E-state index in [1.807, 2.05) is 30.3 Å². The van der Waals surface area contributed by atoms with Crippen molar-refractivity contribution in [2.24, 2.45) is 5.41 Å². The van der Waals surface area contributed by atoms with E-state index in [1.165, 1.54) is 0 Å². The average molecular weight is 279 g/mol. The van der Waals surface area contributed by atoms with Gasteiger partial charge in [-0.25, -0.2) is 0 Å². The highest BCUT2D eigenvalue weighted by Crippen LogP contribution is 2.37. The van der Waals surface area contributed by atoms with Crippen LogP contribution in [-0.2, 0) is 11.3 Å². The monoisotopic (exact) mass is 279 g/mol. The maximum Gasteiger partial charge on any atom is 0.240 e. The lowest BCUT2D eigenvalue weighted by Crippen LogP contribution is -2.37. The molecule has 0 atom stereocenters. The molecular weight excluding hydrogens is 262 g/mol. The van der Waals surface area contributed by atoms with Gasteiger partial charge in [-0.1, -0.05) is 37.1 Å². The molecule has 1 aromatic carbocycles. The number of hydrogen-bond donors (Lipinski definition) is 1. The van der Waals surface area contributed by atoms with Gasteiger partial charge in [0.15, 0.2) is 0 Å². The zero-order valence-corrected chi connectivity index (χ0v) is 11.8. The van der Waals surface area contributed by atoms with Gasteiger partial charge in [-0.15, -0.1) is 0 Å². The van der Waals surface area contributed by atoms with Crippen LogP contribution >= 0.6 is 0 Å². The number of carbonyl (C=O) groups is 1. The standard InChI is InChI=1S/C17H17N3O/c18-12-17(8-1-2-9-17)16(21)20-11-14-6-3-5-13-7-4-10-19-15(13)14/h3-7,10H,1-2,8-9,11H2,(H,20,21). The molecule has 0 unspecified atom stereocenters. The molecular formula is C17H17N3O. The number of nitrogens with zero attached hydrogens (tertiary/aromatic N) is 2. The van der Waals surface area contributed by atoms with Crippen molar-refractivity contribution >= 4 is 16.8 Å². The van der Waals surface area contributed by atoms with E-state index in [4.69, 9.17) is 0 Å². The molecule has 1 heterocycles. The molecule has 0 saturated heterocycles. The number of carbonyl (C=O) groups excluding carboxylic acids is 1. The third kappa shape index (κ3) is 2.47. The van der Waals surface area contributed by atoms with E-state index in [2.05, 4.69) is 16.4 Å². The van der Waals surface area contributed by atoms with E-state index in [-0.39, 0.29) is 5.91 Å². The van der Waals surface area contributed by atoms with E-state index >= 15 is 0 Å². The maximum atomic E-state index is 12.4. The summed E-state index contributed by atoms with van der Waals surface area (Å²) in [5.41, 5.74) is 1.06. The van der Waals surface area contributed by atoms with E-state index in [0.29, 0.717) is 19.4 Å². The van der Waals surface area contributed by atoms with Gasteiger partial charge >= 0.3 is 0 Å². The first-order valence-corrected chi connectivity index (χ1v) is 7.27. The SMILES string of the molecule is N#CC1(C(=O)NCc2cccc3cccnc23)CCCC1. The highest BCUT2D eigenvalue weighted by atomic mass is 16.2. The lowest BCUT2D eigenvalue weighted by atomic mass is 9.87. The van der Waals surface area contributed by atoms with Crippen LogP contribution in [0.15, 0.2) is 36.5 Å². The third-order valence-corrected chi connectivity index (χ3v) is 4.26. The summed E-state index contributed by atoms with van der Waals surface area (Å²) in [6.45, 7) is 0.413. The highest BCUT2D eigenvalue weighted by molar-refractivity contribution is 5.86. The summed E-state index contributed by atoms with van der Waals surface area (Å²) in [6.07, 6.45) is 5.00. The second kappa shape index (κ2) is 5.53. The normalized spacial score (nSPS) is 16.5. The smallest absolute Gasteiger partial charge is 0.240 e. The fourth-order valence-corrected chi connectivity index (χ4v) is 3.02. The van der Waals surface area contributed by atoms with Crippen molar-refractivity contribution in [2.45, 2.75) is 32.2 Å². The molecule has 1 amide bonds. The molecule has 4 nitrogen and oxygen atoms in total. The van der Waals surface area contributed by atoms with Crippen LogP contribution < -0.4 is 5.32 Å². The topological polar surface area (TPSA) is 65.8 Å². The van der Waals surface area contributed by atoms with Crippen LogP contribution in [-0.4, -0.2) is 10.9 Å². The molecule has 1 aliphatic rings. The highest BCUT2D eigenvalue weighted by Gasteiger charge is 2.41. The molecule has 1 aromatic heterocycles. The molecule has 106 valence electrons. The molecule has 21 heavy (non-hydrogen) atoms. The first-order chi connectivity index (χ1) is 10.2. The minimum Gasteiger partial charge on any atom is -0.351 e. The maximum absolute atomic E-state index is 12.4. The van der Waals surface area contributed by atoms with Crippen LogP contribution in [0.25, 0.3) is 10.9 Å². The van der Waals surface area contributed by atoms with Gasteiger partial charge in [0.1, 0.15) is 5.41 Å². The Hall–Kier alpha value is -2.41. The Bertz CT molecular complexity index is 706. The van der Waals surface area contributed by atoms with Gasteiger partial charge < -0.3 is 5.32 Å². The lowest BCUT2D eigenvalue weighted by Gasteiger charge is -2.19. The van der Waals surface area contributed by atoms with Crippen molar-refractivity contribution in [3.63, 3.8) is 0 Å². The second-order valence-corrected chi connectivity index (χ2v) is 5.58. The summed E-state index contributed by atoms with van der Waals surface area (Å²) in [7, 11) is 0. The number of nitrogens with one attached hydrogen (secondary N) is 1. The Morgan fingerprint density at radius 3 is 2.81 bits per heavy atom. The Labute approximate surface area is 123 Å². The molecule has 4 heteroatoms. The fraction of sp³-hybridized carbons (Fsp3) is 0.353. The number of aromatic nitrogens is 1. The average Bonchev–Trinajstić information content (AvgIpc) is 3.03. The van der Waals surface area contributed by atoms with Gasteiger partial charge in [0.25, 0.3) is 0 Å². The summed E-state index contributed by atoms with van der Waals surface area (Å²) in [4.78, 5) is 16.7. The Morgan fingerprint density at radius 2 is 2.05 bits per heavy atom. The summed E-state index contributed by atoms with van der Waals surface area (Å²) >= 11 is 0. The van der Waals surface area contributed by atoms with Crippen LogP contribution in [0.4, 0.5) is 0 Å². The number of amides is 1. The quantitative estimate of drug-likeness (QED) is 0.939. The zero-order valence-electron chi connectivity index (χ0n) is 11.8. The van der Waals surface area contributed by atoms with Crippen molar-refractivity contribution < 1.29 is 4.79 Å². The van der Waals surface area contributed by atoms with Crippen LogP contribution in [0.2, 0.25) is 0 Å². The van der Waals surface area contributed by atoms with Crippen LogP contribution in [0.3, 0.4) is 0 Å². The van der Waals surface area contributed by atoms with Crippen molar-refractivity contribution in [2.75, 3.05) is 0 Å². The molecule has 3 rings (SSSR count). The fourth-order valence-electron chi connectivity index (χ4n) is 3.02. The number of pyridine rings is 1. The van der Waals surface area contributed by atoms with E-state index in [9.17, 15) is 10.1 Å².